The van der Waals surface area contributed by atoms with Crippen LogP contribution < -0.4 is 10.1 Å². The Morgan fingerprint density at radius 1 is 1.22 bits per heavy atom. The number of anilines is 1. The second kappa shape index (κ2) is 6.81. The van der Waals surface area contributed by atoms with Crippen molar-refractivity contribution in [1.82, 2.24) is 0 Å². The molecule has 0 saturated carbocycles. The predicted octanol–water partition coefficient (Wildman–Crippen LogP) is 4.17. The van der Waals surface area contributed by atoms with Crippen LogP contribution in [-0.4, -0.2) is 20.3 Å². The summed E-state index contributed by atoms with van der Waals surface area (Å²) in [5.41, 5.74) is 0.221. The number of alkyl halides is 3. The number of hydrogen-bond donors (Lipinski definition) is 1. The van der Waals surface area contributed by atoms with Crippen molar-refractivity contribution in [2.75, 3.05) is 5.01 Å². The fraction of sp³-hybridized carbons (Fsp3) is 0.235. The summed E-state index contributed by atoms with van der Waals surface area (Å²) < 4.78 is 63.7. The van der Waals surface area contributed by atoms with Gasteiger partial charge >= 0.3 is 6.18 Å². The van der Waals surface area contributed by atoms with Gasteiger partial charge in [-0.25, -0.2) is 13.6 Å². The number of aryl methyl sites for hydroxylation is 1. The third-order valence-electron chi connectivity index (χ3n) is 4.24. The lowest BCUT2D eigenvalue weighted by Crippen LogP contribution is -2.23. The van der Waals surface area contributed by atoms with Crippen LogP contribution in [0.2, 0.25) is 5.02 Å². The quantitative estimate of drug-likeness (QED) is 0.814. The third kappa shape index (κ3) is 3.95. The van der Waals surface area contributed by atoms with Crippen molar-refractivity contribution in [2.24, 2.45) is 10.2 Å². The Hall–Kier alpha value is -2.10. The average molecular weight is 418 g/mol. The normalized spacial score (nSPS) is 17.9. The highest BCUT2D eigenvalue weighted by molar-refractivity contribution is 7.89. The van der Waals surface area contributed by atoms with E-state index < -0.39 is 34.4 Å². The fourth-order valence-corrected chi connectivity index (χ4v) is 3.78. The number of benzene rings is 2. The number of sulfonamides is 1. The van der Waals surface area contributed by atoms with Crippen LogP contribution in [0.1, 0.15) is 23.6 Å². The van der Waals surface area contributed by atoms with Crippen molar-refractivity contribution >= 4 is 33.0 Å². The van der Waals surface area contributed by atoms with Crippen LogP contribution >= 0.6 is 11.6 Å². The van der Waals surface area contributed by atoms with Gasteiger partial charge in [-0.3, -0.25) is 5.01 Å². The number of halogens is 4. The summed E-state index contributed by atoms with van der Waals surface area (Å²) in [6, 6.07) is 9.55. The van der Waals surface area contributed by atoms with E-state index in [1.54, 1.807) is 25.1 Å². The number of nitrogens with two attached hydrogens (primary N) is 1. The largest absolute Gasteiger partial charge is 0.431 e. The molecule has 1 aliphatic rings. The number of nitrogens with zero attached hydrogens (tertiary/aromatic N) is 2. The molecule has 27 heavy (non-hydrogen) atoms. The zero-order valence-electron chi connectivity index (χ0n) is 14.0. The van der Waals surface area contributed by atoms with Crippen LogP contribution in [0.3, 0.4) is 0 Å². The molecule has 0 saturated heterocycles. The summed E-state index contributed by atoms with van der Waals surface area (Å²) in [6.45, 7) is 1.77. The lowest BCUT2D eigenvalue weighted by atomic mass is 10.00. The van der Waals surface area contributed by atoms with E-state index in [0.29, 0.717) is 10.6 Å². The lowest BCUT2D eigenvalue weighted by molar-refractivity contribution is -0.0600. The summed E-state index contributed by atoms with van der Waals surface area (Å²) in [5.74, 6) is 0. The van der Waals surface area contributed by atoms with Gasteiger partial charge in [-0.2, -0.15) is 18.3 Å². The Kier molecular flexibility index (Phi) is 4.96. The van der Waals surface area contributed by atoms with Gasteiger partial charge < -0.3 is 0 Å². The molecule has 0 amide bonds. The van der Waals surface area contributed by atoms with Gasteiger partial charge in [-0.1, -0.05) is 35.9 Å². The molecule has 1 aliphatic heterocycles. The SMILES string of the molecule is Cc1ccc(C2CC(C(F)(F)F)=NN2c2ccccc2S(N)(=O)=O)cc1Cl. The molecule has 1 unspecified atom stereocenters. The minimum absolute atomic E-state index is 0.0269. The highest BCUT2D eigenvalue weighted by Crippen LogP contribution is 2.41. The topological polar surface area (TPSA) is 75.8 Å². The molecule has 3 rings (SSSR count). The van der Waals surface area contributed by atoms with Crippen molar-refractivity contribution in [2.45, 2.75) is 30.5 Å². The first-order valence-corrected chi connectivity index (χ1v) is 9.72. The first-order valence-electron chi connectivity index (χ1n) is 7.80. The smallest absolute Gasteiger partial charge is 0.256 e. The Morgan fingerprint density at radius 2 is 1.89 bits per heavy atom. The van der Waals surface area contributed by atoms with E-state index in [1.807, 2.05) is 0 Å². The van der Waals surface area contributed by atoms with Gasteiger partial charge in [0.2, 0.25) is 10.0 Å². The van der Waals surface area contributed by atoms with Crippen molar-refractivity contribution in [1.29, 1.82) is 0 Å². The lowest BCUT2D eigenvalue weighted by Gasteiger charge is -2.25. The molecule has 1 atom stereocenters. The second-order valence-electron chi connectivity index (χ2n) is 6.13. The number of para-hydroxylation sites is 1. The highest BCUT2D eigenvalue weighted by atomic mass is 35.5. The summed E-state index contributed by atoms with van der Waals surface area (Å²) >= 11 is 6.12. The van der Waals surface area contributed by atoms with Gasteiger partial charge in [-0.05, 0) is 36.2 Å². The molecular formula is C17H15ClF3N3O2S. The minimum atomic E-state index is -4.64. The van der Waals surface area contributed by atoms with Gasteiger partial charge in [0.05, 0.1) is 11.7 Å². The molecule has 10 heteroatoms. The molecule has 0 radical (unpaired) electrons. The summed E-state index contributed by atoms with van der Waals surface area (Å²) in [7, 11) is -4.16. The van der Waals surface area contributed by atoms with Crippen molar-refractivity contribution in [3.63, 3.8) is 0 Å². The molecule has 2 N–H and O–H groups in total. The molecule has 0 bridgehead atoms. The van der Waals surface area contributed by atoms with E-state index in [9.17, 15) is 21.6 Å². The maximum atomic E-state index is 13.3. The monoisotopic (exact) mass is 417 g/mol. The summed E-state index contributed by atoms with van der Waals surface area (Å²) in [6.07, 6.45) is -5.08. The van der Waals surface area contributed by atoms with Crippen LogP contribution in [0.4, 0.5) is 18.9 Å². The van der Waals surface area contributed by atoms with E-state index in [0.717, 1.165) is 10.6 Å². The first-order chi connectivity index (χ1) is 12.5. The third-order valence-corrected chi connectivity index (χ3v) is 5.60. The molecule has 0 aromatic heterocycles. The molecule has 5 nitrogen and oxygen atoms in total. The average Bonchev–Trinajstić information content (AvgIpc) is 3.02. The molecule has 0 fully saturated rings. The summed E-state index contributed by atoms with van der Waals surface area (Å²) in [5, 5.41) is 10.3. The Balaban J connectivity index is 2.17. The number of hydrogen-bond acceptors (Lipinski definition) is 4. The molecule has 2 aromatic rings. The molecule has 2 aromatic carbocycles. The van der Waals surface area contributed by atoms with Crippen LogP contribution in [0.5, 0.6) is 0 Å². The molecule has 0 spiro atoms. The molecule has 0 aliphatic carbocycles. The standard InChI is InChI=1S/C17H15ClF3N3O2S/c1-10-6-7-11(8-12(10)18)14-9-16(17(19,20)21)23-24(14)13-4-2-3-5-15(13)27(22,25)26/h2-8,14H,9H2,1H3,(H2,22,25,26). The van der Waals surface area contributed by atoms with Crippen molar-refractivity contribution in [3.8, 4) is 0 Å². The van der Waals surface area contributed by atoms with Gasteiger partial charge in [0.1, 0.15) is 10.6 Å². The Bertz CT molecular complexity index is 1020. The fourth-order valence-electron chi connectivity index (χ4n) is 2.87. The van der Waals surface area contributed by atoms with E-state index in [-0.39, 0.29) is 10.6 Å². The van der Waals surface area contributed by atoms with Crippen molar-refractivity contribution < 1.29 is 21.6 Å². The first kappa shape index (κ1) is 19.7. The number of primary sulfonamides is 1. The van der Waals surface area contributed by atoms with E-state index in [2.05, 4.69) is 5.10 Å². The van der Waals surface area contributed by atoms with E-state index >= 15 is 0 Å². The number of rotatable bonds is 3. The predicted molar refractivity (Wildman–Crippen MR) is 97.3 cm³/mol. The van der Waals surface area contributed by atoms with E-state index in [1.165, 1.54) is 24.3 Å². The minimum Gasteiger partial charge on any atom is -0.256 e. The zero-order chi connectivity index (χ0) is 20.0. The van der Waals surface area contributed by atoms with Crippen LogP contribution in [-0.2, 0) is 10.0 Å². The van der Waals surface area contributed by atoms with Gasteiger partial charge in [0, 0.05) is 11.4 Å². The van der Waals surface area contributed by atoms with E-state index in [4.69, 9.17) is 16.7 Å². The Morgan fingerprint density at radius 3 is 2.48 bits per heavy atom. The zero-order valence-corrected chi connectivity index (χ0v) is 15.6. The second-order valence-corrected chi connectivity index (χ2v) is 8.07. The molecule has 144 valence electrons. The highest BCUT2D eigenvalue weighted by Gasteiger charge is 2.44. The maximum Gasteiger partial charge on any atom is 0.431 e. The van der Waals surface area contributed by atoms with Crippen LogP contribution in [0.25, 0.3) is 0 Å². The van der Waals surface area contributed by atoms with Gasteiger partial charge in [-0.15, -0.1) is 0 Å². The number of hydrazone groups is 1. The van der Waals surface area contributed by atoms with Gasteiger partial charge in [0.25, 0.3) is 0 Å². The summed E-state index contributed by atoms with van der Waals surface area (Å²) in [4.78, 5) is -0.305. The van der Waals surface area contributed by atoms with Crippen LogP contribution in [0.15, 0.2) is 52.5 Å². The Labute approximate surface area is 159 Å². The molecular weight excluding hydrogens is 403 g/mol. The maximum absolute atomic E-state index is 13.3. The van der Waals surface area contributed by atoms with Crippen LogP contribution in [0, 0.1) is 6.92 Å². The van der Waals surface area contributed by atoms with Gasteiger partial charge in [0.15, 0.2) is 0 Å². The van der Waals surface area contributed by atoms with Crippen molar-refractivity contribution in [3.05, 3.63) is 58.6 Å². The molecule has 1 heterocycles.